The van der Waals surface area contributed by atoms with E-state index in [-0.39, 0.29) is 0 Å². The minimum Gasteiger partial charge on any atom is -0.394 e. The molecule has 0 bridgehead atoms. The molecule has 2 aliphatic rings. The highest BCUT2D eigenvalue weighted by Crippen LogP contribution is 2.28. The van der Waals surface area contributed by atoms with Crippen molar-refractivity contribution >= 4 is 0 Å². The van der Waals surface area contributed by atoms with Gasteiger partial charge >= 0.3 is 0 Å². The van der Waals surface area contributed by atoms with Gasteiger partial charge in [-0.2, -0.15) is 0 Å². The number of ether oxygens (including phenoxy) is 3. The first kappa shape index (κ1) is 17.9. The number of hydrogen-bond acceptors (Lipinski definition) is 10. The molecule has 0 unspecified atom stereocenters. The van der Waals surface area contributed by atoms with Crippen molar-refractivity contribution in [3.8, 4) is 0 Å². The SMILES string of the molecule is C[C@@H]1O[C@@H](O)[C@@H](O[C@H]2O[C@H](CO)[C@@H](O)[C@H](O)[C@H]2O)[C@H](O)[C@@H]1O. The highest BCUT2D eigenvalue weighted by molar-refractivity contribution is 4.92. The molecule has 0 radical (unpaired) electrons. The lowest BCUT2D eigenvalue weighted by molar-refractivity contribution is -0.359. The zero-order valence-electron chi connectivity index (χ0n) is 11.8. The Bertz CT molecular complexity index is 366. The van der Waals surface area contributed by atoms with Gasteiger partial charge < -0.3 is 50.0 Å². The standard InChI is InChI=1S/C12H22O10/c1-3-5(14)8(17)10(11(19)20-3)22-12-9(18)7(16)6(15)4(2-13)21-12/h3-19H,2H2,1H3/t3-,4+,5+,6+,7-,8+,9+,10-,11+,12+/m0/s1. The van der Waals surface area contributed by atoms with Crippen LogP contribution in [0, 0.1) is 0 Å². The Kier molecular flexibility index (Phi) is 5.72. The van der Waals surface area contributed by atoms with E-state index in [1.165, 1.54) is 6.92 Å². The molecule has 10 nitrogen and oxygen atoms in total. The third-order valence-electron chi connectivity index (χ3n) is 3.94. The fourth-order valence-electron chi connectivity index (χ4n) is 2.50. The molecule has 0 aromatic rings. The van der Waals surface area contributed by atoms with Crippen LogP contribution < -0.4 is 0 Å². The van der Waals surface area contributed by atoms with Crippen molar-refractivity contribution in [2.75, 3.05) is 6.61 Å². The van der Waals surface area contributed by atoms with Gasteiger partial charge in [0.25, 0.3) is 0 Å². The average molecular weight is 326 g/mol. The second-order valence-corrected chi connectivity index (χ2v) is 5.51. The maximum atomic E-state index is 9.92. The van der Waals surface area contributed by atoms with Gasteiger partial charge in [0.2, 0.25) is 0 Å². The van der Waals surface area contributed by atoms with E-state index in [4.69, 9.17) is 19.3 Å². The van der Waals surface area contributed by atoms with Crippen LogP contribution in [0.2, 0.25) is 0 Å². The maximum absolute atomic E-state index is 9.92. The van der Waals surface area contributed by atoms with Crippen molar-refractivity contribution in [3.05, 3.63) is 0 Å². The molecule has 2 fully saturated rings. The molecule has 2 aliphatic heterocycles. The second-order valence-electron chi connectivity index (χ2n) is 5.51. The minimum atomic E-state index is -1.69. The molecule has 7 N–H and O–H groups in total. The molecule has 10 heteroatoms. The Morgan fingerprint density at radius 3 is 2.05 bits per heavy atom. The van der Waals surface area contributed by atoms with E-state index < -0.39 is 68.0 Å². The molecule has 2 rings (SSSR count). The van der Waals surface area contributed by atoms with Gasteiger partial charge in [-0.3, -0.25) is 0 Å². The van der Waals surface area contributed by atoms with Gasteiger partial charge in [0.05, 0.1) is 12.7 Å². The second kappa shape index (κ2) is 7.01. The fourth-order valence-corrected chi connectivity index (χ4v) is 2.50. The lowest BCUT2D eigenvalue weighted by Gasteiger charge is -2.44. The monoisotopic (exact) mass is 326 g/mol. The van der Waals surface area contributed by atoms with Gasteiger partial charge in [0, 0.05) is 0 Å². The molecule has 0 aromatic heterocycles. The Morgan fingerprint density at radius 2 is 1.45 bits per heavy atom. The molecule has 130 valence electrons. The van der Waals surface area contributed by atoms with Crippen LogP contribution in [0.5, 0.6) is 0 Å². The number of rotatable bonds is 3. The van der Waals surface area contributed by atoms with Gasteiger partial charge in [-0.25, -0.2) is 0 Å². The topological polar surface area (TPSA) is 169 Å². The summed E-state index contributed by atoms with van der Waals surface area (Å²) in [6.45, 7) is 0.803. The lowest BCUT2D eigenvalue weighted by atomic mass is 9.98. The van der Waals surface area contributed by atoms with E-state index in [0.717, 1.165) is 0 Å². The first-order valence-electron chi connectivity index (χ1n) is 6.93. The van der Waals surface area contributed by atoms with E-state index in [1.54, 1.807) is 0 Å². The van der Waals surface area contributed by atoms with E-state index >= 15 is 0 Å². The number of aliphatic hydroxyl groups is 7. The summed E-state index contributed by atoms with van der Waals surface area (Å²) in [5.74, 6) is 0. The Hall–Kier alpha value is -0.400. The molecule has 0 aliphatic carbocycles. The first-order valence-corrected chi connectivity index (χ1v) is 6.93. The first-order chi connectivity index (χ1) is 10.3. The third-order valence-corrected chi connectivity index (χ3v) is 3.94. The summed E-state index contributed by atoms with van der Waals surface area (Å²) in [4.78, 5) is 0. The summed E-state index contributed by atoms with van der Waals surface area (Å²) < 4.78 is 15.3. The summed E-state index contributed by atoms with van der Waals surface area (Å²) in [5, 5.41) is 67.6. The molecule has 2 heterocycles. The zero-order valence-corrected chi connectivity index (χ0v) is 11.8. The summed E-state index contributed by atoms with van der Waals surface area (Å²) in [5.41, 5.74) is 0. The maximum Gasteiger partial charge on any atom is 0.187 e. The van der Waals surface area contributed by atoms with Crippen molar-refractivity contribution < 1.29 is 50.0 Å². The van der Waals surface area contributed by atoms with Crippen LogP contribution in [-0.4, -0.2) is 104 Å². The van der Waals surface area contributed by atoms with Crippen molar-refractivity contribution in [2.24, 2.45) is 0 Å². The number of hydrogen-bond donors (Lipinski definition) is 7. The van der Waals surface area contributed by atoms with Gasteiger partial charge in [-0.1, -0.05) is 0 Å². The van der Waals surface area contributed by atoms with Gasteiger partial charge in [0.1, 0.15) is 42.7 Å². The van der Waals surface area contributed by atoms with Crippen LogP contribution in [0.15, 0.2) is 0 Å². The summed E-state index contributed by atoms with van der Waals surface area (Å²) in [7, 11) is 0. The minimum absolute atomic E-state index is 0.642. The molecule has 0 aromatic carbocycles. The highest BCUT2D eigenvalue weighted by Gasteiger charge is 2.49. The summed E-state index contributed by atoms with van der Waals surface area (Å²) >= 11 is 0. The van der Waals surface area contributed by atoms with E-state index in [0.29, 0.717) is 0 Å². The normalized spacial score (nSPS) is 53.5. The van der Waals surface area contributed by atoms with Crippen LogP contribution >= 0.6 is 0 Å². The van der Waals surface area contributed by atoms with Crippen LogP contribution in [0.3, 0.4) is 0 Å². The molecule has 2 saturated heterocycles. The van der Waals surface area contributed by atoms with Gasteiger partial charge in [-0.15, -0.1) is 0 Å². The molecule has 0 saturated carbocycles. The van der Waals surface area contributed by atoms with Crippen LogP contribution in [0.4, 0.5) is 0 Å². The summed E-state index contributed by atoms with van der Waals surface area (Å²) in [6.07, 6.45) is -14.4. The van der Waals surface area contributed by atoms with Crippen molar-refractivity contribution in [1.82, 2.24) is 0 Å². The molecule has 0 spiro atoms. The van der Waals surface area contributed by atoms with Crippen molar-refractivity contribution in [3.63, 3.8) is 0 Å². The molecule has 22 heavy (non-hydrogen) atoms. The van der Waals surface area contributed by atoms with E-state index in [9.17, 15) is 30.6 Å². The summed E-state index contributed by atoms with van der Waals surface area (Å²) in [6, 6.07) is 0. The van der Waals surface area contributed by atoms with E-state index in [2.05, 4.69) is 0 Å². The third kappa shape index (κ3) is 3.26. The largest absolute Gasteiger partial charge is 0.394 e. The number of aliphatic hydroxyl groups excluding tert-OH is 7. The van der Waals surface area contributed by atoms with Crippen LogP contribution in [0.25, 0.3) is 0 Å². The lowest BCUT2D eigenvalue weighted by Crippen LogP contribution is -2.63. The van der Waals surface area contributed by atoms with Crippen molar-refractivity contribution in [2.45, 2.75) is 68.3 Å². The van der Waals surface area contributed by atoms with Crippen LogP contribution in [0.1, 0.15) is 6.92 Å². The van der Waals surface area contributed by atoms with E-state index in [1.807, 2.05) is 0 Å². The predicted octanol–water partition coefficient (Wildman–Crippen LogP) is -4.37. The van der Waals surface area contributed by atoms with Gasteiger partial charge in [-0.05, 0) is 6.92 Å². The fraction of sp³-hybridized carbons (Fsp3) is 1.00. The van der Waals surface area contributed by atoms with Crippen molar-refractivity contribution in [1.29, 1.82) is 0 Å². The molecular formula is C12H22O10. The zero-order chi connectivity index (χ0) is 16.6. The predicted molar refractivity (Wildman–Crippen MR) is 67.2 cm³/mol. The van der Waals surface area contributed by atoms with Crippen LogP contribution in [-0.2, 0) is 14.2 Å². The highest BCUT2D eigenvalue weighted by atomic mass is 16.7. The van der Waals surface area contributed by atoms with Gasteiger partial charge in [0.15, 0.2) is 12.6 Å². The average Bonchev–Trinajstić information content (AvgIpc) is 2.49. The smallest absolute Gasteiger partial charge is 0.187 e. The molecule has 10 atom stereocenters. The Morgan fingerprint density at radius 1 is 0.818 bits per heavy atom. The Balaban J connectivity index is 2.08. The molecule has 0 amide bonds. The molecular weight excluding hydrogens is 304 g/mol. The quantitative estimate of drug-likeness (QED) is 0.269. The Labute approximate surface area is 126 Å².